The minimum atomic E-state index is -4.56. The molecule has 2 aromatic heterocycles. The van der Waals surface area contributed by atoms with Crippen LogP contribution in [-0.2, 0) is 6.18 Å². The highest BCUT2D eigenvalue weighted by molar-refractivity contribution is 6.31. The molecule has 0 unspecified atom stereocenters. The molecule has 1 amide bonds. The highest BCUT2D eigenvalue weighted by atomic mass is 35.5. The van der Waals surface area contributed by atoms with E-state index < -0.39 is 11.9 Å². The lowest BCUT2D eigenvalue weighted by molar-refractivity contribution is -0.141. The van der Waals surface area contributed by atoms with Crippen LogP contribution in [0.1, 0.15) is 35.3 Å². The molecule has 1 N–H and O–H groups in total. The van der Waals surface area contributed by atoms with Crippen molar-refractivity contribution in [2.24, 2.45) is 5.92 Å². The molecule has 2 fully saturated rings. The third-order valence-corrected chi connectivity index (χ3v) is 6.44. The first-order chi connectivity index (χ1) is 16.3. The van der Waals surface area contributed by atoms with Crippen LogP contribution in [-0.4, -0.2) is 49.4 Å². The Bertz CT molecular complexity index is 1210. The normalized spacial score (nSPS) is 21.6. The number of carbonyl (C=O) groups is 1. The van der Waals surface area contributed by atoms with Gasteiger partial charge in [-0.05, 0) is 55.5 Å². The summed E-state index contributed by atoms with van der Waals surface area (Å²) < 4.78 is 39.0. The summed E-state index contributed by atoms with van der Waals surface area (Å²) in [4.78, 5) is 31.6. The first kappa shape index (κ1) is 22.5. The number of amides is 1. The van der Waals surface area contributed by atoms with E-state index in [1.165, 1.54) is 0 Å². The topological polar surface area (TPSA) is 83.9 Å². The largest absolute Gasteiger partial charge is 0.433 e. The maximum atomic E-state index is 13.8. The maximum absolute atomic E-state index is 13.8. The molecule has 3 aromatic rings. The molecule has 0 spiro atoms. The van der Waals surface area contributed by atoms with Gasteiger partial charge in [-0.25, -0.2) is 19.9 Å². The van der Waals surface area contributed by atoms with Crippen LogP contribution in [0.5, 0.6) is 0 Å². The molecule has 1 saturated heterocycles. The average Bonchev–Trinajstić information content (AvgIpc) is 3.62. The number of halogens is 4. The number of hydrogen-bond donors (Lipinski definition) is 1. The number of hydrogen-bond acceptors (Lipinski definition) is 6. The van der Waals surface area contributed by atoms with Crippen molar-refractivity contribution in [1.82, 2.24) is 24.8 Å². The highest BCUT2D eigenvalue weighted by Gasteiger charge is 2.50. The Morgan fingerprint density at radius 2 is 1.91 bits per heavy atom. The van der Waals surface area contributed by atoms with Crippen molar-refractivity contribution in [3.8, 4) is 11.4 Å². The van der Waals surface area contributed by atoms with Crippen molar-refractivity contribution < 1.29 is 18.0 Å². The van der Waals surface area contributed by atoms with Gasteiger partial charge in [0.1, 0.15) is 5.69 Å². The van der Waals surface area contributed by atoms with Gasteiger partial charge in [0, 0.05) is 47.8 Å². The molecule has 2 aliphatic rings. The van der Waals surface area contributed by atoms with Crippen LogP contribution >= 0.6 is 11.6 Å². The molecular weight excluding hydrogens is 469 g/mol. The van der Waals surface area contributed by atoms with E-state index in [2.05, 4.69) is 25.3 Å². The first-order valence-electron chi connectivity index (χ1n) is 10.8. The average molecular weight is 489 g/mol. The fourth-order valence-corrected chi connectivity index (χ4v) is 4.66. The van der Waals surface area contributed by atoms with Crippen LogP contribution < -0.4 is 5.32 Å². The van der Waals surface area contributed by atoms with Crippen LogP contribution in [0, 0.1) is 5.92 Å². The Kier molecular flexibility index (Phi) is 5.85. The quantitative estimate of drug-likeness (QED) is 0.560. The third-order valence-electron chi connectivity index (χ3n) is 6.20. The number of likely N-dealkylation sites (tertiary alicyclic amines) is 1. The zero-order valence-electron chi connectivity index (χ0n) is 17.8. The van der Waals surface area contributed by atoms with E-state index in [4.69, 9.17) is 11.6 Å². The monoisotopic (exact) mass is 488 g/mol. The van der Waals surface area contributed by atoms with Crippen LogP contribution in [0.3, 0.4) is 0 Å². The Labute approximate surface area is 198 Å². The fourth-order valence-electron chi connectivity index (χ4n) is 4.49. The molecule has 1 aliphatic carbocycles. The Morgan fingerprint density at radius 3 is 2.68 bits per heavy atom. The summed E-state index contributed by atoms with van der Waals surface area (Å²) in [6.07, 6.45) is 2.29. The number of aromatic nitrogens is 4. The van der Waals surface area contributed by atoms with E-state index in [1.807, 2.05) is 4.90 Å². The predicted molar refractivity (Wildman–Crippen MR) is 119 cm³/mol. The Balaban J connectivity index is 1.41. The summed E-state index contributed by atoms with van der Waals surface area (Å²) in [7, 11) is 0. The van der Waals surface area contributed by atoms with Gasteiger partial charge in [-0.3, -0.25) is 4.79 Å². The van der Waals surface area contributed by atoms with Crippen molar-refractivity contribution in [3.63, 3.8) is 0 Å². The predicted octanol–water partition coefficient (Wildman–Crippen LogP) is 4.71. The van der Waals surface area contributed by atoms with Gasteiger partial charge in [0.2, 0.25) is 5.95 Å². The van der Waals surface area contributed by atoms with Crippen molar-refractivity contribution in [2.75, 3.05) is 11.9 Å². The van der Waals surface area contributed by atoms with Gasteiger partial charge < -0.3 is 10.2 Å². The van der Waals surface area contributed by atoms with Crippen molar-refractivity contribution in [3.05, 3.63) is 65.2 Å². The lowest BCUT2D eigenvalue weighted by Gasteiger charge is -2.36. The lowest BCUT2D eigenvalue weighted by Crippen LogP contribution is -2.48. The summed E-state index contributed by atoms with van der Waals surface area (Å²) in [6, 6.07) is 7.38. The Morgan fingerprint density at radius 1 is 1.12 bits per heavy atom. The number of piperidine rings is 1. The summed E-state index contributed by atoms with van der Waals surface area (Å²) >= 11 is 6.23. The standard InChI is InChI=1S/C23H20ClF3N6O/c24-14-3-5-16(20-28-7-1-8-29-20)17(11-14)21(34)33-15(4-2-13-10-18(13)33)12-31-22-30-9-6-19(32-22)23(25,26)27/h1,3,5-9,11,13,15,18H,2,4,10,12H2,(H,30,31,32)/t13-,15-,18+/m0/s1. The summed E-state index contributed by atoms with van der Waals surface area (Å²) in [6.45, 7) is 0.230. The number of nitrogens with one attached hydrogen (secondary N) is 1. The molecule has 5 rings (SSSR count). The molecule has 0 radical (unpaired) electrons. The molecule has 1 saturated carbocycles. The molecule has 11 heteroatoms. The fraction of sp³-hybridized carbons (Fsp3) is 0.348. The number of nitrogens with zero attached hydrogens (tertiary/aromatic N) is 5. The molecule has 1 aromatic carbocycles. The van der Waals surface area contributed by atoms with Crippen molar-refractivity contribution in [1.29, 1.82) is 0 Å². The second kappa shape index (κ2) is 8.83. The summed E-state index contributed by atoms with van der Waals surface area (Å²) in [5.74, 6) is 0.523. The van der Waals surface area contributed by atoms with E-state index in [0.717, 1.165) is 31.5 Å². The number of fused-ring (bicyclic) bond motifs is 1. The number of carbonyl (C=O) groups excluding carboxylic acids is 1. The summed E-state index contributed by atoms with van der Waals surface area (Å²) in [5, 5.41) is 3.31. The SMILES string of the molecule is O=C(c1cc(Cl)ccc1-c1ncccn1)N1[C@H](CNc2nccc(C(F)(F)F)n2)CC[C@H]2C[C@H]21. The second-order valence-electron chi connectivity index (χ2n) is 8.41. The van der Waals surface area contributed by atoms with E-state index in [9.17, 15) is 18.0 Å². The van der Waals surface area contributed by atoms with E-state index in [-0.39, 0.29) is 30.5 Å². The Hall–Kier alpha value is -3.27. The molecule has 1 aliphatic heterocycles. The highest BCUT2D eigenvalue weighted by Crippen LogP contribution is 2.46. The molecular formula is C23H20ClF3N6O. The number of rotatable bonds is 5. The number of benzene rings is 1. The summed E-state index contributed by atoms with van der Waals surface area (Å²) in [5.41, 5.74) is -0.0486. The van der Waals surface area contributed by atoms with Crippen LogP contribution in [0.25, 0.3) is 11.4 Å². The molecule has 0 bridgehead atoms. The minimum absolute atomic E-state index is 0.0824. The van der Waals surface area contributed by atoms with Gasteiger partial charge in [-0.1, -0.05) is 11.6 Å². The number of anilines is 1. The zero-order chi connectivity index (χ0) is 23.9. The minimum Gasteiger partial charge on any atom is -0.352 e. The first-order valence-corrected chi connectivity index (χ1v) is 11.2. The zero-order valence-corrected chi connectivity index (χ0v) is 18.6. The third kappa shape index (κ3) is 4.54. The molecule has 3 heterocycles. The lowest BCUT2D eigenvalue weighted by atomic mass is 9.98. The van der Waals surface area contributed by atoms with Crippen LogP contribution in [0.2, 0.25) is 5.02 Å². The van der Waals surface area contributed by atoms with Gasteiger partial charge in [0.05, 0.1) is 5.56 Å². The molecule has 176 valence electrons. The van der Waals surface area contributed by atoms with Crippen molar-refractivity contribution >= 4 is 23.5 Å². The van der Waals surface area contributed by atoms with Crippen LogP contribution in [0.4, 0.5) is 19.1 Å². The smallest absolute Gasteiger partial charge is 0.352 e. The van der Waals surface area contributed by atoms with Gasteiger partial charge in [0.25, 0.3) is 5.91 Å². The van der Waals surface area contributed by atoms with Crippen LogP contribution in [0.15, 0.2) is 48.9 Å². The molecule has 3 atom stereocenters. The maximum Gasteiger partial charge on any atom is 0.433 e. The van der Waals surface area contributed by atoms with E-state index in [0.29, 0.717) is 27.9 Å². The van der Waals surface area contributed by atoms with Gasteiger partial charge in [0.15, 0.2) is 5.82 Å². The van der Waals surface area contributed by atoms with E-state index >= 15 is 0 Å². The second-order valence-corrected chi connectivity index (χ2v) is 8.85. The van der Waals surface area contributed by atoms with Crippen molar-refractivity contribution in [2.45, 2.75) is 37.5 Å². The molecule has 7 nitrogen and oxygen atoms in total. The number of alkyl halides is 3. The van der Waals surface area contributed by atoms with Gasteiger partial charge >= 0.3 is 6.18 Å². The molecule has 34 heavy (non-hydrogen) atoms. The van der Waals surface area contributed by atoms with E-state index in [1.54, 1.807) is 36.7 Å². The van der Waals surface area contributed by atoms with Gasteiger partial charge in [-0.15, -0.1) is 0 Å². The van der Waals surface area contributed by atoms with Gasteiger partial charge in [-0.2, -0.15) is 13.2 Å².